The Morgan fingerprint density at radius 1 is 1.46 bits per heavy atom. The van der Waals surface area contributed by atoms with Gasteiger partial charge in [-0.3, -0.25) is 9.36 Å². The minimum atomic E-state index is -0.857. The van der Waals surface area contributed by atoms with Gasteiger partial charge in [0.05, 0.1) is 11.4 Å². The number of hydrogen-bond donors (Lipinski definition) is 2. The number of methoxy groups -OCH3 is 1. The van der Waals surface area contributed by atoms with Crippen LogP contribution in [0.25, 0.3) is 0 Å². The van der Waals surface area contributed by atoms with E-state index in [0.717, 1.165) is 23.9 Å². The van der Waals surface area contributed by atoms with Crippen LogP contribution < -0.4 is 11.0 Å². The van der Waals surface area contributed by atoms with E-state index in [0.29, 0.717) is 30.8 Å². The maximum Gasteiger partial charge on any atom is 0.343 e. The van der Waals surface area contributed by atoms with Crippen molar-refractivity contribution in [2.75, 3.05) is 24.8 Å². The van der Waals surface area contributed by atoms with E-state index in [1.807, 2.05) is 0 Å². The van der Waals surface area contributed by atoms with E-state index in [1.54, 1.807) is 7.11 Å². The maximum absolute atomic E-state index is 13.5. The molecule has 0 aliphatic carbocycles. The van der Waals surface area contributed by atoms with Gasteiger partial charge in [-0.1, -0.05) is 11.8 Å². The van der Waals surface area contributed by atoms with Gasteiger partial charge in [-0.2, -0.15) is 0 Å². The first-order valence-corrected chi connectivity index (χ1v) is 8.01. The summed E-state index contributed by atoms with van der Waals surface area (Å²) in [5.74, 6) is -2.16. The lowest BCUT2D eigenvalue weighted by Crippen LogP contribution is -2.19. The molecule has 0 unspecified atom stereocenters. The third-order valence-corrected chi connectivity index (χ3v) is 3.97. The number of aromatic nitrogens is 3. The Hall–Kier alpha value is -2.20. The number of amides is 1. The topological polar surface area (TPSA) is 89.0 Å². The molecule has 130 valence electrons. The molecule has 10 heteroatoms. The molecule has 0 saturated heterocycles. The van der Waals surface area contributed by atoms with Gasteiger partial charge < -0.3 is 10.1 Å². The molecule has 0 spiro atoms. The summed E-state index contributed by atoms with van der Waals surface area (Å²) >= 11 is 1.03. The summed E-state index contributed by atoms with van der Waals surface area (Å²) in [5, 5.41) is 8.85. The predicted octanol–water partition coefficient (Wildman–Crippen LogP) is 1.62. The van der Waals surface area contributed by atoms with Gasteiger partial charge in [-0.25, -0.2) is 18.7 Å². The molecule has 1 aromatic heterocycles. The molecular formula is C14H16F2N4O3S. The summed E-state index contributed by atoms with van der Waals surface area (Å²) in [7, 11) is 1.56. The van der Waals surface area contributed by atoms with E-state index in [-0.39, 0.29) is 17.1 Å². The van der Waals surface area contributed by atoms with Crippen LogP contribution in [-0.4, -0.2) is 40.1 Å². The summed E-state index contributed by atoms with van der Waals surface area (Å²) < 4.78 is 32.6. The van der Waals surface area contributed by atoms with Crippen molar-refractivity contribution in [1.29, 1.82) is 0 Å². The Morgan fingerprint density at radius 3 is 2.96 bits per heavy atom. The number of halogens is 2. The molecule has 7 nitrogen and oxygen atoms in total. The Balaban J connectivity index is 1.93. The van der Waals surface area contributed by atoms with Crippen molar-refractivity contribution in [2.24, 2.45) is 0 Å². The largest absolute Gasteiger partial charge is 0.385 e. The summed E-state index contributed by atoms with van der Waals surface area (Å²) in [4.78, 5) is 23.5. The highest BCUT2D eigenvalue weighted by Crippen LogP contribution is 2.17. The minimum absolute atomic E-state index is 0.0780. The molecule has 0 aliphatic heterocycles. The van der Waals surface area contributed by atoms with E-state index in [4.69, 9.17) is 4.74 Å². The number of nitrogens with zero attached hydrogens (tertiary/aromatic N) is 2. The van der Waals surface area contributed by atoms with Crippen LogP contribution in [0.1, 0.15) is 6.42 Å². The van der Waals surface area contributed by atoms with Crippen molar-refractivity contribution in [3.63, 3.8) is 0 Å². The highest BCUT2D eigenvalue weighted by atomic mass is 32.2. The predicted molar refractivity (Wildman–Crippen MR) is 85.1 cm³/mol. The molecule has 0 atom stereocenters. The summed E-state index contributed by atoms with van der Waals surface area (Å²) in [6.45, 7) is 0.895. The molecule has 0 bridgehead atoms. The van der Waals surface area contributed by atoms with Crippen LogP contribution in [0.3, 0.4) is 0 Å². The molecule has 1 amide bonds. The second-order valence-electron chi connectivity index (χ2n) is 4.77. The van der Waals surface area contributed by atoms with E-state index in [1.165, 1.54) is 4.57 Å². The first-order valence-electron chi connectivity index (χ1n) is 7.03. The zero-order chi connectivity index (χ0) is 17.5. The van der Waals surface area contributed by atoms with Crippen molar-refractivity contribution in [1.82, 2.24) is 14.8 Å². The molecule has 0 fully saturated rings. The van der Waals surface area contributed by atoms with Crippen LogP contribution >= 0.6 is 11.8 Å². The van der Waals surface area contributed by atoms with Crippen molar-refractivity contribution in [3.05, 3.63) is 40.3 Å². The number of anilines is 1. The fourth-order valence-electron chi connectivity index (χ4n) is 1.88. The number of hydrogen-bond acceptors (Lipinski definition) is 5. The molecular weight excluding hydrogens is 342 g/mol. The van der Waals surface area contributed by atoms with E-state index >= 15 is 0 Å². The zero-order valence-corrected chi connectivity index (χ0v) is 13.7. The second kappa shape index (κ2) is 8.60. The molecule has 0 radical (unpaired) electrons. The van der Waals surface area contributed by atoms with Gasteiger partial charge in [0.25, 0.3) is 0 Å². The van der Waals surface area contributed by atoms with Gasteiger partial charge >= 0.3 is 5.69 Å². The monoisotopic (exact) mass is 358 g/mol. The van der Waals surface area contributed by atoms with E-state index in [2.05, 4.69) is 15.5 Å². The summed E-state index contributed by atoms with van der Waals surface area (Å²) in [6.07, 6.45) is 0.622. The molecule has 24 heavy (non-hydrogen) atoms. The number of aromatic amines is 1. The summed E-state index contributed by atoms with van der Waals surface area (Å²) in [5.41, 5.74) is -0.486. The maximum atomic E-state index is 13.5. The number of rotatable bonds is 8. The lowest BCUT2D eigenvalue weighted by Gasteiger charge is -2.07. The smallest absolute Gasteiger partial charge is 0.343 e. The second-order valence-corrected chi connectivity index (χ2v) is 5.71. The average Bonchev–Trinajstić information content (AvgIpc) is 2.89. The van der Waals surface area contributed by atoms with Crippen LogP contribution in [0, 0.1) is 11.6 Å². The van der Waals surface area contributed by atoms with Crippen molar-refractivity contribution in [3.8, 4) is 0 Å². The third-order valence-electron chi connectivity index (χ3n) is 2.99. The Labute approximate surface area is 140 Å². The van der Waals surface area contributed by atoms with Gasteiger partial charge in [0, 0.05) is 26.3 Å². The van der Waals surface area contributed by atoms with Gasteiger partial charge in [0.15, 0.2) is 5.16 Å². The van der Waals surface area contributed by atoms with Gasteiger partial charge in [-0.15, -0.1) is 5.10 Å². The number of carbonyl (C=O) groups excluding carboxylic acids is 1. The quantitative estimate of drug-likeness (QED) is 0.553. The fourth-order valence-corrected chi connectivity index (χ4v) is 2.66. The molecule has 0 aliphatic rings. The molecule has 1 aromatic carbocycles. The summed E-state index contributed by atoms with van der Waals surface area (Å²) in [6, 6.07) is 2.87. The highest BCUT2D eigenvalue weighted by molar-refractivity contribution is 7.99. The Morgan fingerprint density at radius 2 is 2.25 bits per heavy atom. The van der Waals surface area contributed by atoms with Crippen molar-refractivity contribution >= 4 is 23.4 Å². The lowest BCUT2D eigenvalue weighted by molar-refractivity contribution is -0.113. The normalized spacial score (nSPS) is 10.8. The van der Waals surface area contributed by atoms with Gasteiger partial charge in [0.2, 0.25) is 5.91 Å². The molecule has 1 heterocycles. The SMILES string of the molecule is COCCCn1c(SCC(=O)Nc2ccc(F)cc2F)n[nH]c1=O. The zero-order valence-electron chi connectivity index (χ0n) is 12.8. The van der Waals surface area contributed by atoms with E-state index in [9.17, 15) is 18.4 Å². The molecule has 2 aromatic rings. The fraction of sp³-hybridized carbons (Fsp3) is 0.357. The first kappa shape index (κ1) is 18.1. The number of H-pyrrole nitrogens is 1. The Kier molecular flexibility index (Phi) is 6.50. The molecule has 2 N–H and O–H groups in total. The van der Waals surface area contributed by atoms with Crippen LogP contribution in [0.4, 0.5) is 14.5 Å². The van der Waals surface area contributed by atoms with Crippen LogP contribution in [-0.2, 0) is 16.1 Å². The van der Waals surface area contributed by atoms with Crippen LogP contribution in [0.5, 0.6) is 0 Å². The lowest BCUT2D eigenvalue weighted by atomic mass is 10.3. The molecule has 0 saturated carbocycles. The van der Waals surface area contributed by atoms with Crippen LogP contribution in [0.2, 0.25) is 0 Å². The van der Waals surface area contributed by atoms with Gasteiger partial charge in [0.1, 0.15) is 11.6 Å². The number of thioether (sulfide) groups is 1. The van der Waals surface area contributed by atoms with Crippen molar-refractivity contribution < 1.29 is 18.3 Å². The van der Waals surface area contributed by atoms with E-state index < -0.39 is 17.5 Å². The van der Waals surface area contributed by atoms with Crippen LogP contribution in [0.15, 0.2) is 28.2 Å². The minimum Gasteiger partial charge on any atom is -0.385 e. The molecule has 2 rings (SSSR count). The standard InChI is InChI=1S/C14H16F2N4O3S/c1-23-6-2-5-20-13(22)18-19-14(20)24-8-12(21)17-11-4-3-9(15)7-10(11)16/h3-4,7H,2,5-6,8H2,1H3,(H,17,21)(H,18,22). The van der Waals surface area contributed by atoms with Gasteiger partial charge in [-0.05, 0) is 18.6 Å². The third kappa shape index (κ3) is 4.90. The number of benzene rings is 1. The van der Waals surface area contributed by atoms with Crippen molar-refractivity contribution in [2.45, 2.75) is 18.1 Å². The highest BCUT2D eigenvalue weighted by Gasteiger charge is 2.13. The number of ether oxygens (including phenoxy) is 1. The first-order chi connectivity index (χ1) is 11.5. The number of nitrogens with one attached hydrogen (secondary N) is 2. The Bertz CT molecular complexity index is 763. The number of carbonyl (C=O) groups is 1. The average molecular weight is 358 g/mol.